The topological polar surface area (TPSA) is 78.5 Å². The van der Waals surface area contributed by atoms with E-state index >= 15 is 0 Å². The molecule has 0 bridgehead atoms. The predicted molar refractivity (Wildman–Crippen MR) is 116 cm³/mol. The molecule has 0 aliphatic carbocycles. The fraction of sp³-hybridized carbons (Fsp3) is 0.609. The van der Waals surface area contributed by atoms with Gasteiger partial charge in [-0.15, -0.1) is 0 Å². The summed E-state index contributed by atoms with van der Waals surface area (Å²) in [6.45, 7) is 10.8. The summed E-state index contributed by atoms with van der Waals surface area (Å²) >= 11 is 0. The van der Waals surface area contributed by atoms with Gasteiger partial charge in [0, 0.05) is 35.8 Å². The molecule has 1 aromatic rings. The number of piperidine rings is 1. The number of hydrogen-bond donors (Lipinski definition) is 2. The van der Waals surface area contributed by atoms with Crippen molar-refractivity contribution in [1.82, 2.24) is 10.2 Å². The third-order valence-electron chi connectivity index (χ3n) is 5.39. The first-order valence-electron chi connectivity index (χ1n) is 10.6. The van der Waals surface area contributed by atoms with Gasteiger partial charge in [-0.05, 0) is 44.4 Å². The number of benzene rings is 1. The maximum absolute atomic E-state index is 13.2. The van der Waals surface area contributed by atoms with Gasteiger partial charge in [0.2, 0.25) is 11.8 Å². The van der Waals surface area contributed by atoms with Crippen LogP contribution >= 0.6 is 0 Å². The number of amides is 3. The highest BCUT2D eigenvalue weighted by Gasteiger charge is 2.33. The fourth-order valence-corrected chi connectivity index (χ4v) is 3.35. The van der Waals surface area contributed by atoms with Gasteiger partial charge in [-0.1, -0.05) is 40.2 Å². The van der Waals surface area contributed by atoms with Crippen LogP contribution in [-0.4, -0.2) is 41.8 Å². The largest absolute Gasteiger partial charge is 0.356 e. The number of carbonyl (C=O) groups is 3. The molecule has 1 aliphatic heterocycles. The van der Waals surface area contributed by atoms with Gasteiger partial charge in [-0.3, -0.25) is 14.4 Å². The molecule has 0 spiro atoms. The summed E-state index contributed by atoms with van der Waals surface area (Å²) < 4.78 is 0. The van der Waals surface area contributed by atoms with E-state index in [9.17, 15) is 14.4 Å². The van der Waals surface area contributed by atoms with Crippen LogP contribution in [0.1, 0.15) is 70.7 Å². The van der Waals surface area contributed by atoms with E-state index < -0.39 is 5.41 Å². The first-order chi connectivity index (χ1) is 13.6. The van der Waals surface area contributed by atoms with Crippen LogP contribution in [0.2, 0.25) is 0 Å². The lowest BCUT2D eigenvalue weighted by Crippen LogP contribution is -2.49. The highest BCUT2D eigenvalue weighted by molar-refractivity contribution is 5.98. The molecule has 29 heavy (non-hydrogen) atoms. The lowest BCUT2D eigenvalue weighted by molar-refractivity contribution is -0.126. The first-order valence-corrected chi connectivity index (χ1v) is 10.6. The van der Waals surface area contributed by atoms with Crippen molar-refractivity contribution in [2.24, 2.45) is 11.3 Å². The van der Waals surface area contributed by atoms with Crippen molar-refractivity contribution in [2.45, 2.75) is 66.3 Å². The summed E-state index contributed by atoms with van der Waals surface area (Å²) in [6, 6.07) is 7.10. The van der Waals surface area contributed by atoms with Gasteiger partial charge >= 0.3 is 0 Å². The number of carbonyl (C=O) groups excluding carboxylic acids is 3. The zero-order valence-corrected chi connectivity index (χ0v) is 18.4. The van der Waals surface area contributed by atoms with E-state index in [1.807, 2.05) is 27.7 Å². The Morgan fingerprint density at radius 3 is 2.55 bits per heavy atom. The highest BCUT2D eigenvalue weighted by Crippen LogP contribution is 2.25. The minimum Gasteiger partial charge on any atom is -0.356 e. The molecule has 2 N–H and O–H groups in total. The van der Waals surface area contributed by atoms with Crippen LogP contribution in [0.15, 0.2) is 24.3 Å². The second-order valence-corrected chi connectivity index (χ2v) is 9.01. The van der Waals surface area contributed by atoms with Crippen molar-refractivity contribution in [2.75, 3.05) is 18.4 Å². The Hall–Kier alpha value is -2.37. The Bertz CT molecular complexity index is 739. The van der Waals surface area contributed by atoms with E-state index in [2.05, 4.69) is 17.6 Å². The zero-order valence-electron chi connectivity index (χ0n) is 18.4. The maximum atomic E-state index is 13.2. The number of nitrogens with one attached hydrogen (secondary N) is 2. The molecule has 0 radical (unpaired) electrons. The Morgan fingerprint density at radius 2 is 1.90 bits per heavy atom. The molecule has 2 atom stereocenters. The van der Waals surface area contributed by atoms with E-state index in [1.54, 1.807) is 29.2 Å². The van der Waals surface area contributed by atoms with Gasteiger partial charge < -0.3 is 15.5 Å². The monoisotopic (exact) mass is 401 g/mol. The Kier molecular flexibility index (Phi) is 7.82. The van der Waals surface area contributed by atoms with Crippen LogP contribution in [0, 0.1) is 11.3 Å². The van der Waals surface area contributed by atoms with Gasteiger partial charge in [-0.25, -0.2) is 0 Å². The molecule has 2 rings (SSSR count). The van der Waals surface area contributed by atoms with Crippen molar-refractivity contribution in [3.8, 4) is 0 Å². The van der Waals surface area contributed by atoms with Crippen LogP contribution in [0.3, 0.4) is 0 Å². The van der Waals surface area contributed by atoms with E-state index in [-0.39, 0.29) is 29.7 Å². The normalized spacial score (nSPS) is 19.6. The number of rotatable bonds is 6. The SMILES string of the molecule is CCCCNC(=O)C1CCC(C)N(C(=O)c2cccc(NC(=O)C(C)(C)C)c2)C1. The van der Waals surface area contributed by atoms with Crippen LogP contribution in [0.5, 0.6) is 0 Å². The number of unbranched alkanes of at least 4 members (excludes halogenated alkanes) is 1. The summed E-state index contributed by atoms with van der Waals surface area (Å²) in [5.41, 5.74) is 0.615. The quantitative estimate of drug-likeness (QED) is 0.711. The maximum Gasteiger partial charge on any atom is 0.254 e. The van der Waals surface area contributed by atoms with Crippen molar-refractivity contribution in [3.63, 3.8) is 0 Å². The summed E-state index contributed by atoms with van der Waals surface area (Å²) in [5.74, 6) is -0.335. The highest BCUT2D eigenvalue weighted by atomic mass is 16.2. The van der Waals surface area contributed by atoms with Crippen LogP contribution in [0.25, 0.3) is 0 Å². The molecule has 6 nitrogen and oxygen atoms in total. The van der Waals surface area contributed by atoms with Gasteiger partial charge in [0.1, 0.15) is 0 Å². The minimum atomic E-state index is -0.514. The van der Waals surface area contributed by atoms with Crippen LogP contribution in [-0.2, 0) is 9.59 Å². The molecule has 3 amide bonds. The second kappa shape index (κ2) is 9.90. The van der Waals surface area contributed by atoms with E-state index in [4.69, 9.17) is 0 Å². The Labute approximate surface area is 174 Å². The summed E-state index contributed by atoms with van der Waals surface area (Å²) in [6.07, 6.45) is 3.60. The van der Waals surface area contributed by atoms with Crippen molar-refractivity contribution >= 4 is 23.4 Å². The predicted octanol–water partition coefficient (Wildman–Crippen LogP) is 3.83. The number of nitrogens with zero attached hydrogens (tertiary/aromatic N) is 1. The van der Waals surface area contributed by atoms with Gasteiger partial charge in [0.15, 0.2) is 0 Å². The van der Waals surface area contributed by atoms with Gasteiger partial charge in [0.25, 0.3) is 5.91 Å². The first kappa shape index (κ1) is 22.9. The molecule has 1 saturated heterocycles. The molecular formula is C23H35N3O3. The molecular weight excluding hydrogens is 366 g/mol. The lowest BCUT2D eigenvalue weighted by Gasteiger charge is -2.37. The zero-order chi connectivity index (χ0) is 21.6. The summed E-state index contributed by atoms with van der Waals surface area (Å²) in [4.78, 5) is 39.6. The second-order valence-electron chi connectivity index (χ2n) is 9.01. The minimum absolute atomic E-state index is 0.0364. The third kappa shape index (κ3) is 6.31. The number of anilines is 1. The smallest absolute Gasteiger partial charge is 0.254 e. The molecule has 1 aromatic carbocycles. The molecule has 1 fully saturated rings. The third-order valence-corrected chi connectivity index (χ3v) is 5.39. The standard InChI is InChI=1S/C23H35N3O3/c1-6-7-13-24-20(27)18-12-11-16(2)26(15-18)21(28)17-9-8-10-19(14-17)25-22(29)23(3,4)5/h8-10,14,16,18H,6-7,11-13,15H2,1-5H3,(H,24,27)(H,25,29). The van der Waals surface area contributed by atoms with E-state index in [0.717, 1.165) is 25.7 Å². The molecule has 0 saturated carbocycles. The Balaban J connectivity index is 2.08. The molecule has 6 heteroatoms. The van der Waals surface area contributed by atoms with Gasteiger partial charge in [-0.2, -0.15) is 0 Å². The average molecular weight is 402 g/mol. The molecule has 0 aromatic heterocycles. The summed E-state index contributed by atoms with van der Waals surface area (Å²) in [5, 5.41) is 5.86. The fourth-order valence-electron chi connectivity index (χ4n) is 3.35. The van der Waals surface area contributed by atoms with E-state index in [1.165, 1.54) is 0 Å². The van der Waals surface area contributed by atoms with Crippen molar-refractivity contribution < 1.29 is 14.4 Å². The summed E-state index contributed by atoms with van der Waals surface area (Å²) in [7, 11) is 0. The average Bonchev–Trinajstić information content (AvgIpc) is 2.67. The lowest BCUT2D eigenvalue weighted by atomic mass is 9.92. The molecule has 2 unspecified atom stereocenters. The number of hydrogen-bond acceptors (Lipinski definition) is 3. The van der Waals surface area contributed by atoms with Crippen LogP contribution < -0.4 is 10.6 Å². The number of likely N-dealkylation sites (tertiary alicyclic amines) is 1. The van der Waals surface area contributed by atoms with Crippen molar-refractivity contribution in [3.05, 3.63) is 29.8 Å². The van der Waals surface area contributed by atoms with Crippen molar-refractivity contribution in [1.29, 1.82) is 0 Å². The Morgan fingerprint density at radius 1 is 1.17 bits per heavy atom. The van der Waals surface area contributed by atoms with Gasteiger partial charge in [0.05, 0.1) is 5.92 Å². The molecule has 1 aliphatic rings. The van der Waals surface area contributed by atoms with Crippen LogP contribution in [0.4, 0.5) is 5.69 Å². The molecule has 160 valence electrons. The molecule has 1 heterocycles. The van der Waals surface area contributed by atoms with E-state index in [0.29, 0.717) is 24.3 Å².